The van der Waals surface area contributed by atoms with Gasteiger partial charge in [0.1, 0.15) is 0 Å². The van der Waals surface area contributed by atoms with Gasteiger partial charge in [-0.05, 0) is 36.2 Å². The first-order valence-electron chi connectivity index (χ1n) is 10.1. The topological polar surface area (TPSA) is 77.2 Å². The van der Waals surface area contributed by atoms with Gasteiger partial charge in [0.2, 0.25) is 5.82 Å². The summed E-state index contributed by atoms with van der Waals surface area (Å²) in [5.41, 5.74) is 0.420. The quantitative estimate of drug-likeness (QED) is 0.415. The van der Waals surface area contributed by atoms with E-state index in [4.69, 9.17) is 16.3 Å². The highest BCUT2D eigenvalue weighted by Gasteiger charge is 2.45. The van der Waals surface area contributed by atoms with Crippen LogP contribution >= 0.6 is 23.4 Å². The van der Waals surface area contributed by atoms with Crippen LogP contribution < -0.4 is 4.74 Å². The number of methoxy groups -OCH3 is 1. The van der Waals surface area contributed by atoms with Crippen molar-refractivity contribution >= 4 is 29.3 Å². The van der Waals surface area contributed by atoms with E-state index in [1.54, 1.807) is 13.0 Å². The Balaban J connectivity index is 2.07. The molecule has 0 saturated heterocycles. The predicted molar refractivity (Wildman–Crippen MR) is 118 cm³/mol. The number of ether oxygens (including phenoxy) is 1. The Morgan fingerprint density at radius 1 is 1.26 bits per heavy atom. The fraction of sp³-hybridized carbons (Fsp3) is 0.318. The second-order valence-electron chi connectivity index (χ2n) is 7.57. The molecule has 0 amide bonds. The Hall–Kier alpha value is -2.79. The molecule has 180 valence electrons. The molecule has 2 aromatic carbocycles. The Kier molecular flexibility index (Phi) is 6.52. The highest BCUT2D eigenvalue weighted by Crippen LogP contribution is 2.54. The maximum atomic E-state index is 15.4. The number of carboxylic acids is 1. The molecular weight excluding hydrogens is 498 g/mol. The monoisotopic (exact) mass is 515 g/mol. The van der Waals surface area contributed by atoms with Gasteiger partial charge >= 0.3 is 12.1 Å². The number of benzene rings is 2. The van der Waals surface area contributed by atoms with Crippen LogP contribution in [0.5, 0.6) is 5.75 Å². The Morgan fingerprint density at radius 2 is 2.00 bits per heavy atom. The van der Waals surface area contributed by atoms with Gasteiger partial charge in [0, 0.05) is 10.6 Å². The third-order valence-corrected chi connectivity index (χ3v) is 7.46. The molecule has 2 heterocycles. The van der Waals surface area contributed by atoms with E-state index in [1.807, 2.05) is 0 Å². The number of alkyl halides is 3. The molecule has 0 saturated carbocycles. The molecule has 1 aromatic heterocycles. The second-order valence-corrected chi connectivity index (χ2v) is 9.26. The van der Waals surface area contributed by atoms with Crippen molar-refractivity contribution in [3.05, 3.63) is 70.0 Å². The van der Waals surface area contributed by atoms with E-state index >= 15 is 4.39 Å². The van der Waals surface area contributed by atoms with Crippen LogP contribution in [0.25, 0.3) is 5.69 Å². The molecule has 1 N–H and O–H groups in total. The minimum absolute atomic E-state index is 0.0409. The molecule has 3 aromatic rings. The van der Waals surface area contributed by atoms with Crippen molar-refractivity contribution in [3.63, 3.8) is 0 Å². The Labute approximate surface area is 200 Å². The first-order chi connectivity index (χ1) is 16.1. The smallest absolute Gasteiger partial charge is 0.452 e. The van der Waals surface area contributed by atoms with Gasteiger partial charge in [0.05, 0.1) is 29.2 Å². The zero-order valence-corrected chi connectivity index (χ0v) is 19.4. The number of fused-ring (bicyclic) bond motifs is 3. The van der Waals surface area contributed by atoms with Gasteiger partial charge in [-0.15, -0.1) is 22.0 Å². The number of nitrogens with zero attached hydrogens (tertiary/aromatic N) is 3. The van der Waals surface area contributed by atoms with Crippen molar-refractivity contribution in [2.45, 2.75) is 30.0 Å². The number of aromatic nitrogens is 3. The Morgan fingerprint density at radius 3 is 2.62 bits per heavy atom. The molecule has 0 spiro atoms. The lowest BCUT2D eigenvalue weighted by molar-refractivity contribution is -0.146. The number of carbonyl (C=O) groups is 1. The second kappa shape index (κ2) is 9.10. The normalized spacial score (nSPS) is 18.6. The van der Waals surface area contributed by atoms with E-state index in [2.05, 4.69) is 10.2 Å². The summed E-state index contributed by atoms with van der Waals surface area (Å²) in [6.07, 6.45) is -4.77. The van der Waals surface area contributed by atoms with Gasteiger partial charge in [-0.25, -0.2) is 4.39 Å². The van der Waals surface area contributed by atoms with Crippen molar-refractivity contribution < 1.29 is 32.2 Å². The van der Waals surface area contributed by atoms with Gasteiger partial charge in [0.25, 0.3) is 0 Å². The van der Waals surface area contributed by atoms with E-state index in [0.29, 0.717) is 0 Å². The summed E-state index contributed by atoms with van der Waals surface area (Å²) in [6.45, 7) is 1.61. The molecule has 0 fully saturated rings. The number of carboxylic acid groups (broad SMARTS) is 1. The van der Waals surface area contributed by atoms with Gasteiger partial charge in [-0.3, -0.25) is 9.36 Å². The van der Waals surface area contributed by atoms with Crippen LogP contribution in [0.2, 0.25) is 5.02 Å². The number of thioether (sulfide) groups is 1. The van der Waals surface area contributed by atoms with Crippen LogP contribution in [0.4, 0.5) is 17.6 Å². The van der Waals surface area contributed by atoms with Crippen molar-refractivity contribution in [2.75, 3.05) is 7.11 Å². The van der Waals surface area contributed by atoms with Crippen molar-refractivity contribution in [3.8, 4) is 11.4 Å². The van der Waals surface area contributed by atoms with Crippen LogP contribution in [0.15, 0.2) is 36.4 Å². The average molecular weight is 516 g/mol. The summed E-state index contributed by atoms with van der Waals surface area (Å²) in [7, 11) is 1.30. The third kappa shape index (κ3) is 4.11. The van der Waals surface area contributed by atoms with Gasteiger partial charge in [-0.2, -0.15) is 13.2 Å². The molecule has 3 unspecified atom stereocenters. The largest absolute Gasteiger partial charge is 0.494 e. The fourth-order valence-corrected chi connectivity index (χ4v) is 5.95. The number of aliphatic carboxylic acids is 1. The van der Waals surface area contributed by atoms with E-state index in [9.17, 15) is 23.1 Å². The SMILES string of the molecule is CCC(C(=O)O)C1SC(c2cccc(OC)c2F)c2cc(Cl)ccc2-n2c1nnc2C(F)(F)F. The number of rotatable bonds is 5. The van der Waals surface area contributed by atoms with Crippen molar-refractivity contribution in [2.24, 2.45) is 5.92 Å². The summed E-state index contributed by atoms with van der Waals surface area (Å²) in [5.74, 6) is -4.57. The molecular formula is C22H18ClF4N3O3S. The lowest BCUT2D eigenvalue weighted by Crippen LogP contribution is -2.23. The molecule has 34 heavy (non-hydrogen) atoms. The molecule has 0 aliphatic carbocycles. The van der Waals surface area contributed by atoms with Gasteiger partial charge in [0.15, 0.2) is 17.4 Å². The van der Waals surface area contributed by atoms with E-state index < -0.39 is 40.2 Å². The Bertz CT molecular complexity index is 1250. The lowest BCUT2D eigenvalue weighted by atomic mass is 10.0. The number of halogens is 5. The molecule has 4 rings (SSSR count). The molecule has 1 aliphatic rings. The molecule has 0 radical (unpaired) electrons. The van der Waals surface area contributed by atoms with Crippen LogP contribution in [0, 0.1) is 11.7 Å². The van der Waals surface area contributed by atoms with Gasteiger partial charge in [-0.1, -0.05) is 30.7 Å². The maximum Gasteiger partial charge on any atom is 0.452 e. The zero-order chi connectivity index (χ0) is 24.8. The van der Waals surface area contributed by atoms with Crippen LogP contribution in [-0.4, -0.2) is 33.0 Å². The minimum atomic E-state index is -4.87. The number of hydrogen-bond acceptors (Lipinski definition) is 5. The van der Waals surface area contributed by atoms with Crippen molar-refractivity contribution in [1.82, 2.24) is 14.8 Å². The first kappa shape index (κ1) is 24.3. The summed E-state index contributed by atoms with van der Waals surface area (Å²) in [5, 5.41) is 15.2. The minimum Gasteiger partial charge on any atom is -0.494 e. The van der Waals surface area contributed by atoms with Crippen LogP contribution in [0.3, 0.4) is 0 Å². The van der Waals surface area contributed by atoms with Crippen molar-refractivity contribution in [1.29, 1.82) is 0 Å². The molecule has 1 aliphatic heterocycles. The standard InChI is InChI=1S/C22H18ClF4N3O3S/c1-3-11(20(31)32)18-19-28-29-21(22(25,26)27)30(19)14-8-7-10(23)9-13(14)17(34-18)12-5-4-6-15(33-2)16(12)24/h4-9,11,17-18H,3H2,1-2H3,(H,31,32). The van der Waals surface area contributed by atoms with E-state index in [0.717, 1.165) is 16.3 Å². The summed E-state index contributed by atoms with van der Waals surface area (Å²) in [6, 6.07) is 8.67. The zero-order valence-electron chi connectivity index (χ0n) is 17.8. The van der Waals surface area contributed by atoms with Gasteiger partial charge < -0.3 is 9.84 Å². The lowest BCUT2D eigenvalue weighted by Gasteiger charge is -2.25. The summed E-state index contributed by atoms with van der Waals surface area (Å²) < 4.78 is 63.0. The first-order valence-corrected chi connectivity index (χ1v) is 11.4. The number of hydrogen-bond donors (Lipinski definition) is 1. The van der Waals surface area contributed by atoms with E-state index in [1.165, 1.54) is 37.4 Å². The highest BCUT2D eigenvalue weighted by molar-refractivity contribution is 8.00. The molecule has 0 bridgehead atoms. The van der Waals surface area contributed by atoms with Crippen LogP contribution in [-0.2, 0) is 11.0 Å². The van der Waals surface area contributed by atoms with E-state index in [-0.39, 0.29) is 39.8 Å². The maximum absolute atomic E-state index is 15.4. The third-order valence-electron chi connectivity index (χ3n) is 5.61. The molecule has 6 nitrogen and oxygen atoms in total. The molecule has 12 heteroatoms. The average Bonchev–Trinajstić information content (AvgIpc) is 3.17. The highest BCUT2D eigenvalue weighted by atomic mass is 35.5. The molecule has 3 atom stereocenters. The van der Waals surface area contributed by atoms with Crippen LogP contribution in [0.1, 0.15) is 46.6 Å². The summed E-state index contributed by atoms with van der Waals surface area (Å²) >= 11 is 7.20. The summed E-state index contributed by atoms with van der Waals surface area (Å²) in [4.78, 5) is 12.1. The predicted octanol–water partition coefficient (Wildman–Crippen LogP) is 6.08. The fourth-order valence-electron chi connectivity index (χ4n) is 4.04.